The highest BCUT2D eigenvalue weighted by molar-refractivity contribution is 5.73. The Morgan fingerprint density at radius 3 is 3.00 bits per heavy atom. The highest BCUT2D eigenvalue weighted by atomic mass is 16.5. The number of nitrogens with zero attached hydrogens (tertiary/aromatic N) is 1. The lowest BCUT2D eigenvalue weighted by Gasteiger charge is -2.26. The Bertz CT molecular complexity index is 431. The number of rotatable bonds is 1. The summed E-state index contributed by atoms with van der Waals surface area (Å²) in [5.74, 6) is 0.557. The van der Waals surface area contributed by atoms with E-state index in [1.165, 1.54) is 12.0 Å². The zero-order valence-corrected chi connectivity index (χ0v) is 7.06. The molecule has 1 aromatic heterocycles. The van der Waals surface area contributed by atoms with Crippen LogP contribution in [0.4, 0.5) is 0 Å². The van der Waals surface area contributed by atoms with E-state index < -0.39 is 0 Å². The molecule has 0 N–H and O–H groups in total. The summed E-state index contributed by atoms with van der Waals surface area (Å²) in [6.45, 7) is 1.67. The van der Waals surface area contributed by atoms with Gasteiger partial charge in [-0.05, 0) is 17.7 Å². The van der Waals surface area contributed by atoms with Crippen LogP contribution in [0.3, 0.4) is 0 Å². The minimum Gasteiger partial charge on any atom is -0.443 e. The number of hydrogen-bond acceptors (Lipinski definition) is 3. The largest absolute Gasteiger partial charge is 0.443 e. The normalized spacial score (nSPS) is 17.5. The Balaban J connectivity index is 2.09. The number of fused-ring (bicyclic) bond motifs is 1. The second kappa shape index (κ2) is 2.57. The third-order valence-corrected chi connectivity index (χ3v) is 2.46. The number of hydrogen-bond donors (Lipinski definition) is 0. The first-order valence-corrected chi connectivity index (χ1v) is 4.34. The Morgan fingerprint density at radius 1 is 1.31 bits per heavy atom. The van der Waals surface area contributed by atoms with Crippen molar-refractivity contribution in [3.8, 4) is 0 Å². The molecule has 0 bridgehead atoms. The maximum Gasteiger partial charge on any atom is 0.181 e. The third kappa shape index (κ3) is 1.04. The van der Waals surface area contributed by atoms with Gasteiger partial charge in [-0.2, -0.15) is 0 Å². The fourth-order valence-electron chi connectivity index (χ4n) is 1.56. The molecule has 0 spiro atoms. The second-order valence-corrected chi connectivity index (χ2v) is 3.31. The van der Waals surface area contributed by atoms with Gasteiger partial charge in [-0.1, -0.05) is 6.07 Å². The molecule has 3 nitrogen and oxygen atoms in total. The van der Waals surface area contributed by atoms with Crippen LogP contribution < -0.4 is 0 Å². The molecule has 1 fully saturated rings. The predicted octanol–water partition coefficient (Wildman–Crippen LogP) is 1.94. The Morgan fingerprint density at radius 2 is 2.23 bits per heavy atom. The van der Waals surface area contributed by atoms with Gasteiger partial charge in [0.2, 0.25) is 0 Å². The van der Waals surface area contributed by atoms with E-state index in [4.69, 9.17) is 9.15 Å². The number of benzene rings is 1. The minimum atomic E-state index is 0.557. The summed E-state index contributed by atoms with van der Waals surface area (Å²) in [5, 5.41) is 0. The van der Waals surface area contributed by atoms with Crippen molar-refractivity contribution in [3.05, 3.63) is 30.2 Å². The van der Waals surface area contributed by atoms with Crippen LogP contribution >= 0.6 is 0 Å². The molecule has 3 rings (SSSR count). The summed E-state index contributed by atoms with van der Waals surface area (Å²) in [7, 11) is 0. The van der Waals surface area contributed by atoms with Gasteiger partial charge in [0, 0.05) is 5.92 Å². The highest BCUT2D eigenvalue weighted by Crippen LogP contribution is 2.26. The van der Waals surface area contributed by atoms with E-state index in [0.29, 0.717) is 5.92 Å². The van der Waals surface area contributed by atoms with Gasteiger partial charge in [-0.3, -0.25) is 0 Å². The summed E-state index contributed by atoms with van der Waals surface area (Å²) < 4.78 is 10.3. The number of oxazole rings is 1. The van der Waals surface area contributed by atoms with Crippen LogP contribution in [-0.4, -0.2) is 18.2 Å². The van der Waals surface area contributed by atoms with Gasteiger partial charge >= 0.3 is 0 Å². The average Bonchev–Trinajstić information content (AvgIpc) is 2.47. The molecule has 0 amide bonds. The van der Waals surface area contributed by atoms with Crippen molar-refractivity contribution in [2.24, 2.45) is 0 Å². The van der Waals surface area contributed by atoms with Gasteiger partial charge in [0.05, 0.1) is 13.2 Å². The lowest BCUT2D eigenvalue weighted by atomic mass is 9.97. The molecule has 1 saturated heterocycles. The van der Waals surface area contributed by atoms with Crippen molar-refractivity contribution in [3.63, 3.8) is 0 Å². The Labute approximate surface area is 75.3 Å². The van der Waals surface area contributed by atoms with Crippen LogP contribution in [0.5, 0.6) is 0 Å². The Kier molecular flexibility index (Phi) is 1.40. The van der Waals surface area contributed by atoms with E-state index in [9.17, 15) is 0 Å². The smallest absolute Gasteiger partial charge is 0.181 e. The quantitative estimate of drug-likeness (QED) is 0.664. The molecular formula is C10H9NO2. The van der Waals surface area contributed by atoms with Crippen molar-refractivity contribution >= 4 is 11.1 Å². The fourth-order valence-corrected chi connectivity index (χ4v) is 1.56. The Hall–Kier alpha value is -1.35. The van der Waals surface area contributed by atoms with Crippen molar-refractivity contribution in [1.82, 2.24) is 4.98 Å². The van der Waals surface area contributed by atoms with E-state index in [-0.39, 0.29) is 0 Å². The molecule has 1 aliphatic rings. The van der Waals surface area contributed by atoms with Gasteiger partial charge in [-0.25, -0.2) is 4.98 Å². The molecule has 0 saturated carbocycles. The van der Waals surface area contributed by atoms with Crippen LogP contribution in [0.1, 0.15) is 11.5 Å². The summed E-state index contributed by atoms with van der Waals surface area (Å²) in [6.07, 6.45) is 1.48. The summed E-state index contributed by atoms with van der Waals surface area (Å²) in [4.78, 5) is 4.11. The van der Waals surface area contributed by atoms with Crippen LogP contribution in [0.2, 0.25) is 0 Å². The zero-order chi connectivity index (χ0) is 8.67. The predicted molar refractivity (Wildman–Crippen MR) is 47.6 cm³/mol. The average molecular weight is 175 g/mol. The summed E-state index contributed by atoms with van der Waals surface area (Å²) in [6, 6.07) is 6.13. The number of ether oxygens (including phenoxy) is 1. The topological polar surface area (TPSA) is 35.3 Å². The van der Waals surface area contributed by atoms with Gasteiger partial charge in [0.15, 0.2) is 12.0 Å². The minimum absolute atomic E-state index is 0.557. The monoisotopic (exact) mass is 175 g/mol. The molecule has 0 radical (unpaired) electrons. The molecular weight excluding hydrogens is 166 g/mol. The van der Waals surface area contributed by atoms with Crippen LogP contribution in [0, 0.1) is 0 Å². The van der Waals surface area contributed by atoms with Crippen LogP contribution in [0.25, 0.3) is 11.1 Å². The zero-order valence-electron chi connectivity index (χ0n) is 7.06. The van der Waals surface area contributed by atoms with Crippen LogP contribution in [-0.2, 0) is 4.74 Å². The third-order valence-electron chi connectivity index (χ3n) is 2.46. The van der Waals surface area contributed by atoms with Crippen molar-refractivity contribution in [1.29, 1.82) is 0 Å². The summed E-state index contributed by atoms with van der Waals surface area (Å²) in [5.41, 5.74) is 3.08. The molecule has 2 aromatic rings. The highest BCUT2D eigenvalue weighted by Gasteiger charge is 2.20. The van der Waals surface area contributed by atoms with E-state index >= 15 is 0 Å². The standard InChI is InChI=1S/C10H9NO2/c1-2-10-9(11-6-13-10)3-7(1)8-4-12-5-8/h1-3,6,8H,4-5H2. The first-order valence-electron chi connectivity index (χ1n) is 4.34. The van der Waals surface area contributed by atoms with Gasteiger partial charge in [0.1, 0.15) is 5.52 Å². The molecule has 2 heterocycles. The fraction of sp³-hybridized carbons (Fsp3) is 0.300. The number of aromatic nitrogens is 1. The van der Waals surface area contributed by atoms with Gasteiger partial charge in [-0.15, -0.1) is 0 Å². The van der Waals surface area contributed by atoms with E-state index in [1.54, 1.807) is 0 Å². The van der Waals surface area contributed by atoms with Crippen molar-refractivity contribution in [2.75, 3.05) is 13.2 Å². The molecule has 13 heavy (non-hydrogen) atoms. The maximum atomic E-state index is 5.16. The molecule has 3 heteroatoms. The lowest BCUT2D eigenvalue weighted by Crippen LogP contribution is -2.24. The summed E-state index contributed by atoms with van der Waals surface area (Å²) >= 11 is 0. The lowest BCUT2D eigenvalue weighted by molar-refractivity contribution is 0.00847. The van der Waals surface area contributed by atoms with Crippen molar-refractivity contribution in [2.45, 2.75) is 5.92 Å². The first kappa shape index (κ1) is 7.09. The molecule has 0 aliphatic carbocycles. The molecule has 0 unspecified atom stereocenters. The molecule has 1 aromatic carbocycles. The van der Waals surface area contributed by atoms with E-state index in [2.05, 4.69) is 17.1 Å². The van der Waals surface area contributed by atoms with Crippen molar-refractivity contribution < 1.29 is 9.15 Å². The van der Waals surface area contributed by atoms with E-state index in [1.807, 2.05) is 6.07 Å². The van der Waals surface area contributed by atoms with E-state index in [0.717, 1.165) is 24.3 Å². The molecule has 0 atom stereocenters. The maximum absolute atomic E-state index is 5.16. The molecule has 66 valence electrons. The SMILES string of the molecule is c1nc2cc(C3COC3)ccc2o1. The van der Waals surface area contributed by atoms with Gasteiger partial charge < -0.3 is 9.15 Å². The second-order valence-electron chi connectivity index (χ2n) is 3.31. The van der Waals surface area contributed by atoms with Gasteiger partial charge in [0.25, 0.3) is 0 Å². The first-order chi connectivity index (χ1) is 6.43. The van der Waals surface area contributed by atoms with Crippen LogP contribution in [0.15, 0.2) is 29.0 Å². The molecule has 1 aliphatic heterocycles.